The van der Waals surface area contributed by atoms with Gasteiger partial charge in [0.1, 0.15) is 11.5 Å². The van der Waals surface area contributed by atoms with Gasteiger partial charge in [-0.25, -0.2) is 4.79 Å². The van der Waals surface area contributed by atoms with E-state index in [-0.39, 0.29) is 12.1 Å². The molecule has 8 nitrogen and oxygen atoms in total. The predicted molar refractivity (Wildman–Crippen MR) is 124 cm³/mol. The molecule has 0 bridgehead atoms. The number of nitrogens with zero attached hydrogens (tertiary/aromatic N) is 2. The Morgan fingerprint density at radius 2 is 1.97 bits per heavy atom. The summed E-state index contributed by atoms with van der Waals surface area (Å²) in [6, 6.07) is 12.2. The van der Waals surface area contributed by atoms with E-state index in [0.717, 1.165) is 49.7 Å². The maximum absolute atomic E-state index is 11.9. The third kappa shape index (κ3) is 7.51. The molecule has 1 aliphatic heterocycles. The van der Waals surface area contributed by atoms with Crippen LogP contribution in [0.4, 0.5) is 4.79 Å². The minimum atomic E-state index is -0.226. The second-order valence-corrected chi connectivity index (χ2v) is 7.69. The third-order valence-corrected chi connectivity index (χ3v) is 5.44. The number of aliphatic imine (C=N–C) groups is 1. The number of nitrogens with one attached hydrogen (secondary N) is 2. The Morgan fingerprint density at radius 1 is 1.19 bits per heavy atom. The lowest BCUT2D eigenvalue weighted by Gasteiger charge is -2.32. The van der Waals surface area contributed by atoms with Gasteiger partial charge in [0.2, 0.25) is 0 Å². The first-order valence-corrected chi connectivity index (χ1v) is 11.3. The number of carbonyl (C=O) groups excluding carboxylic acids is 1. The molecule has 3 rings (SSSR count). The lowest BCUT2D eigenvalue weighted by Crippen LogP contribution is -2.50. The normalized spacial score (nSPS) is 14.8. The van der Waals surface area contributed by atoms with Crippen molar-refractivity contribution in [1.29, 1.82) is 0 Å². The van der Waals surface area contributed by atoms with Crippen molar-refractivity contribution in [3.8, 4) is 5.75 Å². The second kappa shape index (κ2) is 12.6. The second-order valence-electron chi connectivity index (χ2n) is 7.69. The van der Waals surface area contributed by atoms with Gasteiger partial charge in [-0.3, -0.25) is 4.99 Å². The van der Waals surface area contributed by atoms with E-state index >= 15 is 0 Å². The smallest absolute Gasteiger partial charge is 0.409 e. The Hall–Kier alpha value is -3.16. The van der Waals surface area contributed by atoms with Crippen LogP contribution in [0.5, 0.6) is 5.75 Å². The van der Waals surface area contributed by atoms with E-state index in [1.54, 1.807) is 18.3 Å². The zero-order valence-corrected chi connectivity index (χ0v) is 19.0. The number of guanidine groups is 1. The molecule has 174 valence electrons. The van der Waals surface area contributed by atoms with Gasteiger partial charge in [-0.15, -0.1) is 0 Å². The molecule has 0 spiro atoms. The Morgan fingerprint density at radius 3 is 2.62 bits per heavy atom. The lowest BCUT2D eigenvalue weighted by molar-refractivity contribution is 0.0963. The average molecular weight is 443 g/mol. The number of furan rings is 1. The highest BCUT2D eigenvalue weighted by Crippen LogP contribution is 2.13. The van der Waals surface area contributed by atoms with Crippen molar-refractivity contribution in [2.45, 2.75) is 38.6 Å². The first-order chi connectivity index (χ1) is 15.7. The Balaban J connectivity index is 1.51. The van der Waals surface area contributed by atoms with Crippen LogP contribution in [0.1, 0.15) is 31.1 Å². The van der Waals surface area contributed by atoms with Crippen LogP contribution >= 0.6 is 0 Å². The van der Waals surface area contributed by atoms with Gasteiger partial charge < -0.3 is 29.4 Å². The van der Waals surface area contributed by atoms with Gasteiger partial charge in [0, 0.05) is 38.6 Å². The van der Waals surface area contributed by atoms with Crippen molar-refractivity contribution < 1.29 is 18.7 Å². The van der Waals surface area contributed by atoms with E-state index in [1.807, 2.05) is 31.2 Å². The fourth-order valence-corrected chi connectivity index (χ4v) is 3.62. The van der Waals surface area contributed by atoms with Crippen LogP contribution in [0.25, 0.3) is 0 Å². The molecule has 1 fully saturated rings. The van der Waals surface area contributed by atoms with Gasteiger partial charge in [-0.2, -0.15) is 0 Å². The topological polar surface area (TPSA) is 88.3 Å². The average Bonchev–Trinajstić information content (AvgIpc) is 3.33. The first kappa shape index (κ1) is 23.5. The predicted octanol–water partition coefficient (Wildman–Crippen LogP) is 3.23. The molecule has 2 heterocycles. The van der Waals surface area contributed by atoms with Crippen molar-refractivity contribution in [1.82, 2.24) is 15.5 Å². The van der Waals surface area contributed by atoms with Crippen molar-refractivity contribution in [3.05, 3.63) is 54.0 Å². The molecule has 1 saturated heterocycles. The molecule has 1 aliphatic rings. The Labute approximate surface area is 190 Å². The van der Waals surface area contributed by atoms with Crippen molar-refractivity contribution >= 4 is 12.1 Å². The fourth-order valence-electron chi connectivity index (χ4n) is 3.62. The molecule has 1 aromatic heterocycles. The summed E-state index contributed by atoms with van der Waals surface area (Å²) in [6.07, 6.45) is 4.80. The van der Waals surface area contributed by atoms with E-state index in [4.69, 9.17) is 18.9 Å². The summed E-state index contributed by atoms with van der Waals surface area (Å²) in [6.45, 7) is 4.99. The SMILES string of the molecule is CCOC(=O)N1CCC(NC(=NCCc2ccco2)NCCc2ccc(OC)cc2)CC1. The maximum Gasteiger partial charge on any atom is 0.409 e. The van der Waals surface area contributed by atoms with E-state index < -0.39 is 0 Å². The monoisotopic (exact) mass is 442 g/mol. The van der Waals surface area contributed by atoms with E-state index in [9.17, 15) is 4.79 Å². The van der Waals surface area contributed by atoms with Crippen molar-refractivity contribution in [2.75, 3.05) is 39.9 Å². The van der Waals surface area contributed by atoms with Gasteiger partial charge in [-0.1, -0.05) is 12.1 Å². The van der Waals surface area contributed by atoms with Crippen LogP contribution in [-0.2, 0) is 17.6 Å². The van der Waals surface area contributed by atoms with Crippen LogP contribution in [-0.4, -0.2) is 62.9 Å². The largest absolute Gasteiger partial charge is 0.497 e. The molecule has 0 atom stereocenters. The van der Waals surface area contributed by atoms with Crippen LogP contribution in [0.3, 0.4) is 0 Å². The molecule has 0 radical (unpaired) electrons. The summed E-state index contributed by atoms with van der Waals surface area (Å²) in [7, 11) is 1.67. The minimum Gasteiger partial charge on any atom is -0.497 e. The third-order valence-electron chi connectivity index (χ3n) is 5.44. The number of hydrogen-bond acceptors (Lipinski definition) is 5. The van der Waals surface area contributed by atoms with Gasteiger partial charge in [0.15, 0.2) is 5.96 Å². The van der Waals surface area contributed by atoms with Gasteiger partial charge in [0.05, 0.1) is 20.0 Å². The molecule has 0 saturated carbocycles. The van der Waals surface area contributed by atoms with E-state index in [0.29, 0.717) is 26.2 Å². The van der Waals surface area contributed by atoms with E-state index in [2.05, 4.69) is 22.8 Å². The van der Waals surface area contributed by atoms with Crippen molar-refractivity contribution in [2.24, 2.45) is 4.99 Å². The fraction of sp³-hybridized carbons (Fsp3) is 0.500. The number of amides is 1. The number of ether oxygens (including phenoxy) is 2. The molecular formula is C24H34N4O4. The summed E-state index contributed by atoms with van der Waals surface area (Å²) in [5.41, 5.74) is 1.23. The highest BCUT2D eigenvalue weighted by Gasteiger charge is 2.24. The summed E-state index contributed by atoms with van der Waals surface area (Å²) < 4.78 is 15.7. The van der Waals surface area contributed by atoms with Crippen LogP contribution in [0.2, 0.25) is 0 Å². The molecule has 2 N–H and O–H groups in total. The number of carbonyl (C=O) groups is 1. The summed E-state index contributed by atoms with van der Waals surface area (Å²) in [4.78, 5) is 18.4. The van der Waals surface area contributed by atoms with Gasteiger partial charge >= 0.3 is 6.09 Å². The standard InChI is InChI=1S/C24H34N4O4/c1-3-31-24(29)28-16-12-20(13-17-28)27-23(26-15-11-22-5-4-18-32-22)25-14-10-19-6-8-21(30-2)9-7-19/h4-9,18,20H,3,10-17H2,1-2H3,(H2,25,26,27). The Kier molecular flexibility index (Phi) is 9.28. The van der Waals surface area contributed by atoms with Gasteiger partial charge in [0.25, 0.3) is 0 Å². The lowest BCUT2D eigenvalue weighted by atomic mass is 10.1. The zero-order chi connectivity index (χ0) is 22.6. The van der Waals surface area contributed by atoms with Crippen LogP contribution in [0, 0.1) is 0 Å². The number of methoxy groups -OCH3 is 1. The van der Waals surface area contributed by atoms with E-state index in [1.165, 1.54) is 5.56 Å². The Bertz CT molecular complexity index is 828. The molecular weight excluding hydrogens is 408 g/mol. The summed E-state index contributed by atoms with van der Waals surface area (Å²) >= 11 is 0. The number of likely N-dealkylation sites (tertiary alicyclic amines) is 1. The van der Waals surface area contributed by atoms with Crippen LogP contribution < -0.4 is 15.4 Å². The summed E-state index contributed by atoms with van der Waals surface area (Å²) in [5.74, 6) is 2.58. The molecule has 32 heavy (non-hydrogen) atoms. The molecule has 0 unspecified atom stereocenters. The molecule has 1 aromatic carbocycles. The first-order valence-electron chi connectivity index (χ1n) is 11.3. The number of benzene rings is 1. The maximum atomic E-state index is 11.9. The van der Waals surface area contributed by atoms with Gasteiger partial charge in [-0.05, 0) is 56.0 Å². The minimum absolute atomic E-state index is 0.226. The quantitative estimate of drug-likeness (QED) is 0.458. The molecule has 2 aromatic rings. The number of piperidine rings is 1. The molecule has 8 heteroatoms. The number of hydrogen-bond donors (Lipinski definition) is 2. The number of rotatable bonds is 9. The van der Waals surface area contributed by atoms with Crippen molar-refractivity contribution in [3.63, 3.8) is 0 Å². The summed E-state index contributed by atoms with van der Waals surface area (Å²) in [5, 5.41) is 6.99. The molecule has 1 amide bonds. The van der Waals surface area contributed by atoms with Crippen LogP contribution in [0.15, 0.2) is 52.1 Å². The zero-order valence-electron chi connectivity index (χ0n) is 19.0. The highest BCUT2D eigenvalue weighted by molar-refractivity contribution is 5.80. The highest BCUT2D eigenvalue weighted by atomic mass is 16.6. The molecule has 0 aliphatic carbocycles.